The molecule has 2 amide bonds. The van der Waals surface area contributed by atoms with Gasteiger partial charge in [-0.3, -0.25) is 14.6 Å². The summed E-state index contributed by atoms with van der Waals surface area (Å²) < 4.78 is 19.4. The molecule has 4 rings (SSSR count). The maximum Gasteiger partial charge on any atom is 0.255 e. The van der Waals surface area contributed by atoms with E-state index >= 15 is 0 Å². The zero-order valence-corrected chi connectivity index (χ0v) is 15.3. The van der Waals surface area contributed by atoms with E-state index in [1.165, 1.54) is 17.4 Å². The first-order chi connectivity index (χ1) is 13.5. The number of aliphatic hydroxyl groups is 1. The summed E-state index contributed by atoms with van der Waals surface area (Å²) in [6, 6.07) is 6.00. The lowest BCUT2D eigenvalue weighted by Crippen LogP contribution is -2.48. The summed E-state index contributed by atoms with van der Waals surface area (Å²) in [4.78, 5) is 30.5. The Kier molecular flexibility index (Phi) is 5.13. The molecule has 2 N–H and O–H groups in total. The Labute approximate surface area is 161 Å². The van der Waals surface area contributed by atoms with Crippen LogP contribution in [0.25, 0.3) is 11.5 Å². The summed E-state index contributed by atoms with van der Waals surface area (Å²) in [5.74, 6) is -0.673. The summed E-state index contributed by atoms with van der Waals surface area (Å²) >= 11 is 0. The molecule has 1 aliphatic heterocycles. The van der Waals surface area contributed by atoms with Gasteiger partial charge in [0, 0.05) is 24.8 Å². The lowest BCUT2D eigenvalue weighted by atomic mass is 9.81. The molecule has 1 unspecified atom stereocenters. The van der Waals surface area contributed by atoms with Crippen molar-refractivity contribution in [3.05, 3.63) is 42.3 Å². The number of aromatic nitrogens is 1. The van der Waals surface area contributed by atoms with Crippen LogP contribution in [-0.4, -0.2) is 58.2 Å². The van der Waals surface area contributed by atoms with Crippen LogP contribution in [0.5, 0.6) is 0 Å². The molecule has 3 heterocycles. The molecule has 1 saturated heterocycles. The van der Waals surface area contributed by atoms with Crippen molar-refractivity contribution in [1.29, 1.82) is 0 Å². The summed E-state index contributed by atoms with van der Waals surface area (Å²) in [5, 5.41) is 12.8. The van der Waals surface area contributed by atoms with Crippen LogP contribution in [0.1, 0.15) is 29.6 Å². The van der Waals surface area contributed by atoms with Crippen LogP contribution in [0.4, 0.5) is 4.39 Å². The number of aliphatic hydroxyl groups excluding tert-OH is 1. The van der Waals surface area contributed by atoms with E-state index in [-0.39, 0.29) is 24.9 Å². The van der Waals surface area contributed by atoms with Gasteiger partial charge in [-0.2, -0.15) is 0 Å². The fourth-order valence-corrected chi connectivity index (χ4v) is 3.61. The second kappa shape index (κ2) is 7.71. The zero-order chi connectivity index (χ0) is 19.7. The third kappa shape index (κ3) is 3.64. The van der Waals surface area contributed by atoms with Gasteiger partial charge >= 0.3 is 0 Å². The molecule has 3 atom stereocenters. The number of hydrogen-bond donors (Lipinski definition) is 2. The van der Waals surface area contributed by atoms with Gasteiger partial charge in [0.15, 0.2) is 11.9 Å². The van der Waals surface area contributed by atoms with Crippen molar-refractivity contribution in [2.75, 3.05) is 13.1 Å². The Balaban J connectivity index is 1.40. The minimum Gasteiger partial charge on any atom is -0.463 e. The first-order valence-corrected chi connectivity index (χ1v) is 9.44. The maximum atomic E-state index is 14.1. The van der Waals surface area contributed by atoms with E-state index in [4.69, 9.17) is 4.42 Å². The zero-order valence-electron chi connectivity index (χ0n) is 15.3. The van der Waals surface area contributed by atoms with Crippen LogP contribution in [0.3, 0.4) is 0 Å². The summed E-state index contributed by atoms with van der Waals surface area (Å²) in [7, 11) is 0. The van der Waals surface area contributed by atoms with Crippen LogP contribution in [0.2, 0.25) is 0 Å². The predicted octanol–water partition coefficient (Wildman–Crippen LogP) is 1.78. The van der Waals surface area contributed by atoms with Crippen molar-refractivity contribution < 1.29 is 23.5 Å². The topological polar surface area (TPSA) is 95.7 Å². The van der Waals surface area contributed by atoms with Gasteiger partial charge in [-0.05, 0) is 43.0 Å². The molecule has 0 spiro atoms. The molecule has 148 valence electrons. The van der Waals surface area contributed by atoms with E-state index in [0.29, 0.717) is 29.9 Å². The van der Waals surface area contributed by atoms with Crippen LogP contribution in [-0.2, 0) is 4.79 Å². The fourth-order valence-electron chi connectivity index (χ4n) is 3.61. The number of rotatable bonds is 5. The second-order valence-corrected chi connectivity index (χ2v) is 7.39. The van der Waals surface area contributed by atoms with Crippen molar-refractivity contribution >= 4 is 11.8 Å². The van der Waals surface area contributed by atoms with E-state index in [9.17, 15) is 19.1 Å². The van der Waals surface area contributed by atoms with Crippen molar-refractivity contribution in [2.24, 2.45) is 5.92 Å². The van der Waals surface area contributed by atoms with Crippen LogP contribution < -0.4 is 5.32 Å². The number of alkyl halides is 1. The minimum atomic E-state index is -1.55. The SMILES string of the molecule is O=C(N[C@@H]1CN(C(=O)c2ccnc(-c3ccco3)c2)C[C@H]1O)C(F)C1CCC1. The molecule has 0 radical (unpaired) electrons. The standard InChI is InChI=1S/C20H22FN3O4/c21-18(12-3-1-4-12)19(26)23-15-10-24(11-16(15)25)20(27)13-6-7-22-14(9-13)17-5-2-8-28-17/h2,5-9,12,15-16,18,25H,1,3-4,10-11H2,(H,23,26)/t15-,16-,18?/m1/s1. The van der Waals surface area contributed by atoms with E-state index in [1.807, 2.05) is 0 Å². The Bertz CT molecular complexity index is 853. The monoisotopic (exact) mass is 387 g/mol. The Hall–Kier alpha value is -2.74. The molecule has 2 aliphatic rings. The highest BCUT2D eigenvalue weighted by atomic mass is 19.1. The van der Waals surface area contributed by atoms with E-state index in [2.05, 4.69) is 10.3 Å². The number of carbonyl (C=O) groups excluding carboxylic acids is 2. The highest BCUT2D eigenvalue weighted by molar-refractivity contribution is 5.95. The number of furan rings is 1. The van der Waals surface area contributed by atoms with Gasteiger partial charge in [0.05, 0.1) is 18.4 Å². The van der Waals surface area contributed by atoms with Gasteiger partial charge in [0.1, 0.15) is 5.69 Å². The molecule has 8 heteroatoms. The molecule has 28 heavy (non-hydrogen) atoms. The largest absolute Gasteiger partial charge is 0.463 e. The van der Waals surface area contributed by atoms with Crippen molar-refractivity contribution in [3.8, 4) is 11.5 Å². The first-order valence-electron chi connectivity index (χ1n) is 9.44. The fraction of sp³-hybridized carbons (Fsp3) is 0.450. The highest BCUT2D eigenvalue weighted by Gasteiger charge is 2.39. The second-order valence-electron chi connectivity index (χ2n) is 7.39. The van der Waals surface area contributed by atoms with Gasteiger partial charge in [-0.15, -0.1) is 0 Å². The minimum absolute atomic E-state index is 0.0720. The van der Waals surface area contributed by atoms with Crippen LogP contribution in [0, 0.1) is 5.92 Å². The molecular weight excluding hydrogens is 365 g/mol. The Morgan fingerprint density at radius 3 is 2.82 bits per heavy atom. The number of nitrogens with zero attached hydrogens (tertiary/aromatic N) is 2. The quantitative estimate of drug-likeness (QED) is 0.815. The molecule has 2 aromatic rings. The maximum absolute atomic E-state index is 14.1. The Morgan fingerprint density at radius 1 is 1.32 bits per heavy atom. The smallest absolute Gasteiger partial charge is 0.255 e. The van der Waals surface area contributed by atoms with Gasteiger partial charge in [-0.1, -0.05) is 6.42 Å². The number of amides is 2. The van der Waals surface area contributed by atoms with Crippen LogP contribution in [0.15, 0.2) is 41.1 Å². The number of carbonyl (C=O) groups is 2. The van der Waals surface area contributed by atoms with Crippen molar-refractivity contribution in [2.45, 2.75) is 37.6 Å². The Morgan fingerprint density at radius 2 is 2.14 bits per heavy atom. The van der Waals surface area contributed by atoms with Crippen LogP contribution >= 0.6 is 0 Å². The molecule has 1 aliphatic carbocycles. The number of hydrogen-bond acceptors (Lipinski definition) is 5. The number of β-amino-alcohol motifs (C(OH)–C–C–N with tert-alkyl or cyclic N) is 1. The number of pyridine rings is 1. The molecule has 1 saturated carbocycles. The van der Waals surface area contributed by atoms with Gasteiger partial charge in [-0.25, -0.2) is 4.39 Å². The number of halogens is 1. The van der Waals surface area contributed by atoms with E-state index < -0.39 is 24.2 Å². The van der Waals surface area contributed by atoms with Gasteiger partial charge in [0.25, 0.3) is 11.8 Å². The third-order valence-corrected chi connectivity index (χ3v) is 5.50. The highest BCUT2D eigenvalue weighted by Crippen LogP contribution is 2.31. The summed E-state index contributed by atoms with van der Waals surface area (Å²) in [5.41, 5.74) is 0.930. The molecule has 2 aromatic heterocycles. The predicted molar refractivity (Wildman–Crippen MR) is 98.0 cm³/mol. The van der Waals surface area contributed by atoms with E-state index in [1.54, 1.807) is 24.3 Å². The lowest BCUT2D eigenvalue weighted by molar-refractivity contribution is -0.130. The molecule has 0 aromatic carbocycles. The van der Waals surface area contributed by atoms with Gasteiger partial charge < -0.3 is 19.7 Å². The third-order valence-electron chi connectivity index (χ3n) is 5.50. The number of nitrogens with one attached hydrogen (secondary N) is 1. The van der Waals surface area contributed by atoms with Crippen molar-refractivity contribution in [3.63, 3.8) is 0 Å². The number of likely N-dealkylation sites (tertiary alicyclic amines) is 1. The van der Waals surface area contributed by atoms with Gasteiger partial charge in [0.2, 0.25) is 0 Å². The van der Waals surface area contributed by atoms with Crippen molar-refractivity contribution in [1.82, 2.24) is 15.2 Å². The summed E-state index contributed by atoms with van der Waals surface area (Å²) in [6.45, 7) is 0.199. The molecule has 7 nitrogen and oxygen atoms in total. The summed E-state index contributed by atoms with van der Waals surface area (Å²) in [6.07, 6.45) is 2.92. The average molecular weight is 387 g/mol. The molecule has 2 fully saturated rings. The lowest BCUT2D eigenvalue weighted by Gasteiger charge is -2.28. The van der Waals surface area contributed by atoms with E-state index in [0.717, 1.165) is 6.42 Å². The normalized spacial score (nSPS) is 23.3. The average Bonchev–Trinajstić information content (AvgIpc) is 3.30. The first kappa shape index (κ1) is 18.6. The molecule has 0 bridgehead atoms. The molecular formula is C20H22FN3O4.